The van der Waals surface area contributed by atoms with Crippen molar-refractivity contribution in [3.05, 3.63) is 0 Å². The van der Waals surface area contributed by atoms with Crippen molar-refractivity contribution in [3.63, 3.8) is 0 Å². The Bertz CT molecular complexity index is 261. The predicted octanol–water partition coefficient (Wildman–Crippen LogP) is 2.13. The van der Waals surface area contributed by atoms with Crippen LogP contribution in [0.5, 0.6) is 0 Å². The fourth-order valence-electron chi connectivity index (χ4n) is 2.42. The second-order valence-electron chi connectivity index (χ2n) is 5.14. The molecular formula is C14H26N2O2. The second kappa shape index (κ2) is 8.95. The largest absolute Gasteiger partial charge is 0.359 e. The number of carbonyl (C=O) groups is 2. The summed E-state index contributed by atoms with van der Waals surface area (Å²) in [4.78, 5) is 22.7. The zero-order chi connectivity index (χ0) is 13.2. The van der Waals surface area contributed by atoms with Gasteiger partial charge in [0.25, 0.3) is 0 Å². The molecule has 0 radical (unpaired) electrons. The topological polar surface area (TPSA) is 58.2 Å². The van der Waals surface area contributed by atoms with E-state index in [9.17, 15) is 9.59 Å². The van der Waals surface area contributed by atoms with Crippen molar-refractivity contribution in [2.75, 3.05) is 7.05 Å². The molecule has 0 heterocycles. The molecule has 0 bridgehead atoms. The molecule has 1 rings (SSSR count). The Balaban J connectivity index is 1.97. The van der Waals surface area contributed by atoms with Gasteiger partial charge >= 0.3 is 0 Å². The average molecular weight is 254 g/mol. The van der Waals surface area contributed by atoms with Crippen molar-refractivity contribution in [3.8, 4) is 0 Å². The van der Waals surface area contributed by atoms with Gasteiger partial charge in [-0.05, 0) is 25.7 Å². The molecule has 0 unspecified atom stereocenters. The Kier molecular flexibility index (Phi) is 7.46. The number of rotatable bonds is 7. The lowest BCUT2D eigenvalue weighted by molar-refractivity contribution is -0.122. The normalized spacial score (nSPS) is 16.3. The maximum absolute atomic E-state index is 11.7. The summed E-state index contributed by atoms with van der Waals surface area (Å²) >= 11 is 0. The van der Waals surface area contributed by atoms with Crippen LogP contribution in [0.1, 0.15) is 64.2 Å². The molecule has 1 aliphatic carbocycles. The summed E-state index contributed by atoms with van der Waals surface area (Å²) in [6.45, 7) is 0. The predicted molar refractivity (Wildman–Crippen MR) is 72.2 cm³/mol. The van der Waals surface area contributed by atoms with Crippen LogP contribution in [0, 0.1) is 0 Å². The van der Waals surface area contributed by atoms with Gasteiger partial charge in [-0.15, -0.1) is 0 Å². The zero-order valence-corrected chi connectivity index (χ0v) is 11.5. The van der Waals surface area contributed by atoms with E-state index in [1.807, 2.05) is 0 Å². The average Bonchev–Trinajstić information content (AvgIpc) is 2.39. The fourth-order valence-corrected chi connectivity index (χ4v) is 2.42. The van der Waals surface area contributed by atoms with Crippen molar-refractivity contribution in [1.82, 2.24) is 10.6 Å². The molecule has 4 nitrogen and oxygen atoms in total. The molecule has 4 heteroatoms. The third-order valence-electron chi connectivity index (χ3n) is 3.56. The number of hydrogen-bond donors (Lipinski definition) is 2. The van der Waals surface area contributed by atoms with Crippen LogP contribution in [0.25, 0.3) is 0 Å². The smallest absolute Gasteiger partial charge is 0.220 e. The van der Waals surface area contributed by atoms with Gasteiger partial charge < -0.3 is 10.6 Å². The van der Waals surface area contributed by atoms with Gasteiger partial charge in [-0.25, -0.2) is 0 Å². The van der Waals surface area contributed by atoms with Crippen molar-refractivity contribution in [2.24, 2.45) is 0 Å². The van der Waals surface area contributed by atoms with E-state index in [4.69, 9.17) is 0 Å². The van der Waals surface area contributed by atoms with E-state index in [1.165, 1.54) is 19.3 Å². The van der Waals surface area contributed by atoms with Crippen LogP contribution in [0.15, 0.2) is 0 Å². The minimum Gasteiger partial charge on any atom is -0.359 e. The molecule has 0 aromatic rings. The van der Waals surface area contributed by atoms with Crippen molar-refractivity contribution < 1.29 is 9.59 Å². The maximum Gasteiger partial charge on any atom is 0.220 e. The first-order valence-electron chi connectivity index (χ1n) is 7.22. The molecule has 1 fully saturated rings. The van der Waals surface area contributed by atoms with Gasteiger partial charge in [0.15, 0.2) is 0 Å². The van der Waals surface area contributed by atoms with Gasteiger partial charge in [0.1, 0.15) is 0 Å². The van der Waals surface area contributed by atoms with Gasteiger partial charge in [0.2, 0.25) is 11.8 Å². The summed E-state index contributed by atoms with van der Waals surface area (Å²) in [6.07, 6.45) is 9.97. The standard InChI is InChI=1S/C14H26N2O2/c1-15-13(17)10-6-3-7-11-14(18)16-12-8-4-2-5-9-12/h12H,2-11H2,1H3,(H,15,17)(H,16,18). The molecule has 0 aliphatic heterocycles. The molecule has 1 aliphatic rings. The lowest BCUT2D eigenvalue weighted by Crippen LogP contribution is -2.35. The van der Waals surface area contributed by atoms with Crippen LogP contribution in [-0.4, -0.2) is 24.9 Å². The van der Waals surface area contributed by atoms with Gasteiger partial charge in [0, 0.05) is 25.9 Å². The number of nitrogens with one attached hydrogen (secondary N) is 2. The Labute approximate surface area is 110 Å². The first kappa shape index (κ1) is 15.0. The van der Waals surface area contributed by atoms with E-state index in [2.05, 4.69) is 10.6 Å². The molecule has 2 N–H and O–H groups in total. The van der Waals surface area contributed by atoms with E-state index in [1.54, 1.807) is 7.05 Å². The maximum atomic E-state index is 11.7. The molecular weight excluding hydrogens is 228 g/mol. The summed E-state index contributed by atoms with van der Waals surface area (Å²) in [5, 5.41) is 5.71. The van der Waals surface area contributed by atoms with Crippen LogP contribution >= 0.6 is 0 Å². The lowest BCUT2D eigenvalue weighted by Gasteiger charge is -2.22. The van der Waals surface area contributed by atoms with Crippen LogP contribution in [0.3, 0.4) is 0 Å². The molecule has 2 amide bonds. The number of unbranched alkanes of at least 4 members (excludes halogenated alkanes) is 2. The Morgan fingerprint density at radius 2 is 1.56 bits per heavy atom. The highest BCUT2D eigenvalue weighted by molar-refractivity contribution is 5.76. The molecule has 1 saturated carbocycles. The third-order valence-corrected chi connectivity index (χ3v) is 3.56. The molecule has 0 atom stereocenters. The van der Waals surface area contributed by atoms with Crippen molar-refractivity contribution in [1.29, 1.82) is 0 Å². The summed E-state index contributed by atoms with van der Waals surface area (Å²) in [5.41, 5.74) is 0. The Morgan fingerprint density at radius 3 is 2.17 bits per heavy atom. The fraction of sp³-hybridized carbons (Fsp3) is 0.857. The second-order valence-corrected chi connectivity index (χ2v) is 5.14. The quantitative estimate of drug-likeness (QED) is 0.684. The molecule has 0 aromatic carbocycles. The molecule has 18 heavy (non-hydrogen) atoms. The summed E-state index contributed by atoms with van der Waals surface area (Å²) in [5.74, 6) is 0.267. The van der Waals surface area contributed by atoms with Gasteiger partial charge in [-0.3, -0.25) is 9.59 Å². The first-order chi connectivity index (χ1) is 8.72. The highest BCUT2D eigenvalue weighted by Gasteiger charge is 2.15. The monoisotopic (exact) mass is 254 g/mol. The number of amides is 2. The van der Waals surface area contributed by atoms with E-state index < -0.39 is 0 Å². The number of carbonyl (C=O) groups excluding carboxylic acids is 2. The van der Waals surface area contributed by atoms with Crippen molar-refractivity contribution in [2.45, 2.75) is 70.3 Å². The highest BCUT2D eigenvalue weighted by Crippen LogP contribution is 2.17. The van der Waals surface area contributed by atoms with E-state index in [0.29, 0.717) is 18.9 Å². The summed E-state index contributed by atoms with van der Waals surface area (Å²) < 4.78 is 0. The van der Waals surface area contributed by atoms with Gasteiger partial charge in [-0.1, -0.05) is 25.7 Å². The van der Waals surface area contributed by atoms with Crippen LogP contribution < -0.4 is 10.6 Å². The van der Waals surface area contributed by atoms with Crippen molar-refractivity contribution >= 4 is 11.8 Å². The van der Waals surface area contributed by atoms with Gasteiger partial charge in [0.05, 0.1) is 0 Å². The zero-order valence-electron chi connectivity index (χ0n) is 11.5. The SMILES string of the molecule is CNC(=O)CCCCCC(=O)NC1CCCCC1. The minimum atomic E-state index is 0.0849. The molecule has 0 spiro atoms. The molecule has 0 saturated heterocycles. The van der Waals surface area contributed by atoms with E-state index >= 15 is 0 Å². The van der Waals surface area contributed by atoms with Crippen LogP contribution in [0.2, 0.25) is 0 Å². The van der Waals surface area contributed by atoms with E-state index in [0.717, 1.165) is 32.1 Å². The highest BCUT2D eigenvalue weighted by atomic mass is 16.2. The van der Waals surface area contributed by atoms with Crippen LogP contribution in [0.4, 0.5) is 0 Å². The summed E-state index contributed by atoms with van der Waals surface area (Å²) in [7, 11) is 1.65. The summed E-state index contributed by atoms with van der Waals surface area (Å²) in [6, 6.07) is 0.414. The third kappa shape index (κ3) is 6.62. The van der Waals surface area contributed by atoms with Crippen LogP contribution in [-0.2, 0) is 9.59 Å². The lowest BCUT2D eigenvalue weighted by atomic mass is 9.95. The minimum absolute atomic E-state index is 0.0849. The molecule has 104 valence electrons. The first-order valence-corrected chi connectivity index (χ1v) is 7.22. The Morgan fingerprint density at radius 1 is 0.944 bits per heavy atom. The van der Waals surface area contributed by atoms with E-state index in [-0.39, 0.29) is 11.8 Å². The Hall–Kier alpha value is -1.06. The molecule has 0 aromatic heterocycles. The number of hydrogen-bond acceptors (Lipinski definition) is 2. The van der Waals surface area contributed by atoms with Gasteiger partial charge in [-0.2, -0.15) is 0 Å².